The van der Waals surface area contributed by atoms with Crippen LogP contribution in [0.1, 0.15) is 12.5 Å². The molecule has 0 radical (unpaired) electrons. The van der Waals surface area contributed by atoms with Gasteiger partial charge in [0.1, 0.15) is 17.6 Å². The maximum Gasteiger partial charge on any atom is 0.308 e. The second-order valence-electron chi connectivity index (χ2n) is 3.52. The molecule has 0 fully saturated rings. The number of rotatable bonds is 2. The Kier molecular flexibility index (Phi) is 3.09. The lowest BCUT2D eigenvalue weighted by molar-refractivity contribution is -0.131. The first-order valence-electron chi connectivity index (χ1n) is 5.03. The van der Waals surface area contributed by atoms with Crippen molar-refractivity contribution in [3.8, 4) is 5.75 Å². The van der Waals surface area contributed by atoms with Gasteiger partial charge in [0.15, 0.2) is 0 Å². The molecule has 0 bridgehead atoms. The third-order valence-corrected chi connectivity index (χ3v) is 2.23. The highest BCUT2D eigenvalue weighted by Gasteiger charge is 2.07. The largest absolute Gasteiger partial charge is 0.463 e. The standard InChI is InChI=1S/C12H9NO5/c1-7(14)18-9-2-3-10-11(4-9)17-6-8(5-13-16)12(10)15/h2-6,16H,1H3/b13-5-. The highest BCUT2D eigenvalue weighted by molar-refractivity contribution is 5.86. The summed E-state index contributed by atoms with van der Waals surface area (Å²) < 4.78 is 10.1. The van der Waals surface area contributed by atoms with Gasteiger partial charge in [-0.3, -0.25) is 9.59 Å². The summed E-state index contributed by atoms with van der Waals surface area (Å²) in [5, 5.41) is 11.5. The highest BCUT2D eigenvalue weighted by atomic mass is 16.5. The second kappa shape index (κ2) is 4.70. The van der Waals surface area contributed by atoms with Gasteiger partial charge < -0.3 is 14.4 Å². The van der Waals surface area contributed by atoms with E-state index in [2.05, 4.69) is 5.16 Å². The van der Waals surface area contributed by atoms with Crippen molar-refractivity contribution in [2.45, 2.75) is 6.92 Å². The van der Waals surface area contributed by atoms with E-state index in [9.17, 15) is 9.59 Å². The lowest BCUT2D eigenvalue weighted by Crippen LogP contribution is -2.08. The van der Waals surface area contributed by atoms with Crippen molar-refractivity contribution in [3.05, 3.63) is 40.2 Å². The Bertz CT molecular complexity index is 686. The average Bonchev–Trinajstić information content (AvgIpc) is 2.32. The van der Waals surface area contributed by atoms with Crippen LogP contribution in [0, 0.1) is 0 Å². The minimum absolute atomic E-state index is 0.130. The van der Waals surface area contributed by atoms with E-state index in [0.717, 1.165) is 6.21 Å². The van der Waals surface area contributed by atoms with Crippen LogP contribution in [0.4, 0.5) is 0 Å². The molecule has 0 aliphatic heterocycles. The SMILES string of the molecule is CC(=O)Oc1ccc2c(=O)c(/C=N\O)coc2c1. The minimum atomic E-state index is -0.458. The molecule has 0 spiro atoms. The van der Waals surface area contributed by atoms with E-state index in [4.69, 9.17) is 14.4 Å². The van der Waals surface area contributed by atoms with E-state index in [-0.39, 0.29) is 16.6 Å². The van der Waals surface area contributed by atoms with E-state index in [1.54, 1.807) is 0 Å². The molecule has 6 nitrogen and oxygen atoms in total. The van der Waals surface area contributed by atoms with Crippen LogP contribution in [0.5, 0.6) is 5.75 Å². The molecule has 1 aromatic carbocycles. The number of hydrogen-bond acceptors (Lipinski definition) is 6. The number of oxime groups is 1. The Balaban J connectivity index is 2.57. The van der Waals surface area contributed by atoms with Crippen LogP contribution in [0.3, 0.4) is 0 Å². The topological polar surface area (TPSA) is 89.1 Å². The monoisotopic (exact) mass is 247 g/mol. The Hall–Kier alpha value is -2.63. The number of ether oxygens (including phenoxy) is 1. The average molecular weight is 247 g/mol. The molecule has 0 saturated carbocycles. The zero-order valence-corrected chi connectivity index (χ0v) is 9.41. The summed E-state index contributed by atoms with van der Waals surface area (Å²) >= 11 is 0. The first-order valence-corrected chi connectivity index (χ1v) is 5.03. The Morgan fingerprint density at radius 3 is 2.94 bits per heavy atom. The molecule has 2 aromatic rings. The number of fused-ring (bicyclic) bond motifs is 1. The zero-order valence-electron chi connectivity index (χ0n) is 9.41. The van der Waals surface area contributed by atoms with Crippen molar-refractivity contribution in [2.24, 2.45) is 5.16 Å². The molecule has 1 heterocycles. The van der Waals surface area contributed by atoms with Gasteiger partial charge in [0.05, 0.1) is 17.2 Å². The first-order chi connectivity index (χ1) is 8.61. The molecule has 0 unspecified atom stereocenters. The van der Waals surface area contributed by atoms with Crippen LogP contribution in [-0.4, -0.2) is 17.4 Å². The van der Waals surface area contributed by atoms with Crippen molar-refractivity contribution in [3.63, 3.8) is 0 Å². The summed E-state index contributed by atoms with van der Waals surface area (Å²) in [6.07, 6.45) is 2.16. The maximum atomic E-state index is 11.9. The van der Waals surface area contributed by atoms with Gasteiger partial charge in [0.2, 0.25) is 5.43 Å². The Labute approximate surface area is 101 Å². The van der Waals surface area contributed by atoms with Gasteiger partial charge in [-0.1, -0.05) is 5.16 Å². The molecule has 0 atom stereocenters. The van der Waals surface area contributed by atoms with Crippen molar-refractivity contribution in [1.29, 1.82) is 0 Å². The summed E-state index contributed by atoms with van der Waals surface area (Å²) in [4.78, 5) is 22.7. The maximum absolute atomic E-state index is 11.9. The molecular weight excluding hydrogens is 238 g/mol. The predicted molar refractivity (Wildman–Crippen MR) is 63.2 cm³/mol. The van der Waals surface area contributed by atoms with Crippen LogP contribution >= 0.6 is 0 Å². The number of carbonyl (C=O) groups is 1. The fourth-order valence-electron chi connectivity index (χ4n) is 1.50. The third kappa shape index (κ3) is 2.22. The summed E-state index contributed by atoms with van der Waals surface area (Å²) in [6.45, 7) is 1.28. The van der Waals surface area contributed by atoms with Gasteiger partial charge in [-0.2, -0.15) is 0 Å². The smallest absolute Gasteiger partial charge is 0.308 e. The second-order valence-corrected chi connectivity index (χ2v) is 3.52. The van der Waals surface area contributed by atoms with Crippen LogP contribution < -0.4 is 10.2 Å². The van der Waals surface area contributed by atoms with Crippen LogP contribution in [0.15, 0.2) is 38.8 Å². The van der Waals surface area contributed by atoms with Gasteiger partial charge in [-0.25, -0.2) is 0 Å². The van der Waals surface area contributed by atoms with E-state index in [1.165, 1.54) is 31.4 Å². The molecule has 0 aliphatic carbocycles. The summed E-state index contributed by atoms with van der Waals surface area (Å²) in [6, 6.07) is 4.41. The molecule has 2 rings (SSSR count). The summed E-state index contributed by atoms with van der Waals surface area (Å²) in [7, 11) is 0. The van der Waals surface area contributed by atoms with E-state index < -0.39 is 5.97 Å². The van der Waals surface area contributed by atoms with Crippen LogP contribution in [-0.2, 0) is 4.79 Å². The lowest BCUT2D eigenvalue weighted by Gasteiger charge is -2.02. The van der Waals surface area contributed by atoms with E-state index >= 15 is 0 Å². The first kappa shape index (κ1) is 11.8. The number of hydrogen-bond donors (Lipinski definition) is 1. The fraction of sp³-hybridized carbons (Fsp3) is 0.0833. The molecule has 0 saturated heterocycles. The van der Waals surface area contributed by atoms with Gasteiger partial charge in [-0.15, -0.1) is 0 Å². The number of esters is 1. The van der Waals surface area contributed by atoms with Crippen molar-refractivity contribution in [2.75, 3.05) is 0 Å². The van der Waals surface area contributed by atoms with Crippen molar-refractivity contribution in [1.82, 2.24) is 0 Å². The number of carbonyl (C=O) groups excluding carboxylic acids is 1. The normalized spacial score (nSPS) is 10.9. The van der Waals surface area contributed by atoms with Gasteiger partial charge in [0.25, 0.3) is 0 Å². The molecule has 18 heavy (non-hydrogen) atoms. The molecule has 6 heteroatoms. The zero-order chi connectivity index (χ0) is 13.1. The van der Waals surface area contributed by atoms with Gasteiger partial charge >= 0.3 is 5.97 Å². The number of nitrogens with zero attached hydrogens (tertiary/aromatic N) is 1. The van der Waals surface area contributed by atoms with Crippen LogP contribution in [0.2, 0.25) is 0 Å². The lowest BCUT2D eigenvalue weighted by atomic mass is 10.2. The molecule has 0 aliphatic rings. The predicted octanol–water partition coefficient (Wildman–Crippen LogP) is 1.53. The number of benzene rings is 1. The van der Waals surface area contributed by atoms with Gasteiger partial charge in [0, 0.05) is 13.0 Å². The minimum Gasteiger partial charge on any atom is -0.463 e. The molecular formula is C12H9NO5. The van der Waals surface area contributed by atoms with E-state index in [1.807, 2.05) is 0 Å². The summed E-state index contributed by atoms with van der Waals surface area (Å²) in [5.74, 6) is -0.164. The van der Waals surface area contributed by atoms with Crippen molar-refractivity contribution < 1.29 is 19.2 Å². The van der Waals surface area contributed by atoms with E-state index in [0.29, 0.717) is 11.1 Å². The van der Waals surface area contributed by atoms with Crippen molar-refractivity contribution >= 4 is 23.2 Å². The molecule has 1 aromatic heterocycles. The van der Waals surface area contributed by atoms with Crippen LogP contribution in [0.25, 0.3) is 11.0 Å². The third-order valence-electron chi connectivity index (χ3n) is 2.23. The summed E-state index contributed by atoms with van der Waals surface area (Å²) in [5.41, 5.74) is 0.0856. The highest BCUT2D eigenvalue weighted by Crippen LogP contribution is 2.19. The molecule has 0 amide bonds. The Morgan fingerprint density at radius 2 is 2.28 bits per heavy atom. The Morgan fingerprint density at radius 1 is 1.50 bits per heavy atom. The molecule has 1 N–H and O–H groups in total. The molecule has 92 valence electrons. The fourth-order valence-corrected chi connectivity index (χ4v) is 1.50. The quantitative estimate of drug-likeness (QED) is 0.286. The van der Waals surface area contributed by atoms with Gasteiger partial charge in [-0.05, 0) is 12.1 Å².